The number of aromatic nitrogens is 1. The largest absolute Gasteiger partial charge is 0.338 e. The lowest BCUT2D eigenvalue weighted by Gasteiger charge is -2.10. The molecule has 2 aromatic rings. The van der Waals surface area contributed by atoms with Gasteiger partial charge in [0.25, 0.3) is 0 Å². The van der Waals surface area contributed by atoms with Gasteiger partial charge in [0.1, 0.15) is 0 Å². The molecular weight excluding hydrogens is 324 g/mol. The van der Waals surface area contributed by atoms with Gasteiger partial charge in [-0.3, -0.25) is 10.1 Å². The van der Waals surface area contributed by atoms with Crippen LogP contribution in [0.3, 0.4) is 0 Å². The summed E-state index contributed by atoms with van der Waals surface area (Å²) in [5.41, 5.74) is 0.687. The number of carbonyl (C=O) groups excluding carboxylic acids is 1. The SMILES string of the molecule is Cc1cc(NC(=O)[C@H](C)Sc2ccc(S(C)(=O)=O)cc2)on1. The van der Waals surface area contributed by atoms with Crippen molar-refractivity contribution in [3.63, 3.8) is 0 Å². The van der Waals surface area contributed by atoms with Gasteiger partial charge in [0, 0.05) is 17.2 Å². The number of anilines is 1. The summed E-state index contributed by atoms with van der Waals surface area (Å²) in [5, 5.41) is 5.96. The van der Waals surface area contributed by atoms with Crippen LogP contribution in [0.25, 0.3) is 0 Å². The van der Waals surface area contributed by atoms with Gasteiger partial charge in [-0.2, -0.15) is 0 Å². The molecule has 0 aliphatic heterocycles. The lowest BCUT2D eigenvalue weighted by molar-refractivity contribution is -0.115. The van der Waals surface area contributed by atoms with Crippen LogP contribution in [-0.2, 0) is 14.6 Å². The van der Waals surface area contributed by atoms with Gasteiger partial charge >= 0.3 is 0 Å². The van der Waals surface area contributed by atoms with Gasteiger partial charge in [0.15, 0.2) is 9.84 Å². The monoisotopic (exact) mass is 340 g/mol. The molecule has 0 aliphatic rings. The highest BCUT2D eigenvalue weighted by Gasteiger charge is 2.16. The number of benzene rings is 1. The van der Waals surface area contributed by atoms with E-state index in [4.69, 9.17) is 4.52 Å². The number of hydrogen-bond donors (Lipinski definition) is 1. The Kier molecular flexibility index (Phi) is 4.92. The summed E-state index contributed by atoms with van der Waals surface area (Å²) in [7, 11) is -3.21. The second-order valence-corrected chi connectivity index (χ2v) is 8.26. The maximum Gasteiger partial charge on any atom is 0.239 e. The molecule has 0 fully saturated rings. The van der Waals surface area contributed by atoms with Crippen molar-refractivity contribution in [2.45, 2.75) is 28.9 Å². The number of carbonyl (C=O) groups is 1. The van der Waals surface area contributed by atoms with Crippen LogP contribution in [0.5, 0.6) is 0 Å². The molecule has 1 amide bonds. The molecule has 8 heteroatoms. The zero-order chi connectivity index (χ0) is 16.3. The van der Waals surface area contributed by atoms with E-state index >= 15 is 0 Å². The number of nitrogens with one attached hydrogen (secondary N) is 1. The fraction of sp³-hybridized carbons (Fsp3) is 0.286. The number of aryl methyl sites for hydroxylation is 1. The van der Waals surface area contributed by atoms with Crippen LogP contribution in [0.2, 0.25) is 0 Å². The van der Waals surface area contributed by atoms with Crippen molar-refractivity contribution in [2.24, 2.45) is 0 Å². The molecule has 1 heterocycles. The number of thioether (sulfide) groups is 1. The van der Waals surface area contributed by atoms with Crippen molar-refractivity contribution >= 4 is 33.4 Å². The molecule has 0 bridgehead atoms. The van der Waals surface area contributed by atoms with Crippen LogP contribution in [0.1, 0.15) is 12.6 Å². The predicted molar refractivity (Wildman–Crippen MR) is 84.7 cm³/mol. The van der Waals surface area contributed by atoms with Crippen LogP contribution in [0.15, 0.2) is 44.6 Å². The van der Waals surface area contributed by atoms with Crippen molar-refractivity contribution < 1.29 is 17.7 Å². The first-order valence-electron chi connectivity index (χ1n) is 6.46. The lowest BCUT2D eigenvalue weighted by atomic mass is 10.4. The molecule has 1 aromatic heterocycles. The fourth-order valence-corrected chi connectivity index (χ4v) is 3.17. The molecular formula is C14H16N2O4S2. The molecule has 2 rings (SSSR count). The van der Waals surface area contributed by atoms with Gasteiger partial charge in [-0.1, -0.05) is 5.16 Å². The Morgan fingerprint density at radius 3 is 2.45 bits per heavy atom. The first kappa shape index (κ1) is 16.6. The second-order valence-electron chi connectivity index (χ2n) is 4.83. The quantitative estimate of drug-likeness (QED) is 0.841. The highest BCUT2D eigenvalue weighted by atomic mass is 32.2. The van der Waals surface area contributed by atoms with Gasteiger partial charge in [-0.15, -0.1) is 11.8 Å². The minimum Gasteiger partial charge on any atom is -0.338 e. The first-order chi connectivity index (χ1) is 10.3. The van der Waals surface area contributed by atoms with E-state index in [1.165, 1.54) is 23.9 Å². The van der Waals surface area contributed by atoms with E-state index in [2.05, 4.69) is 10.5 Å². The Morgan fingerprint density at radius 1 is 1.32 bits per heavy atom. The standard InChI is InChI=1S/C14H16N2O4S2/c1-9-8-13(20-16-9)15-14(17)10(2)21-11-4-6-12(7-5-11)22(3,18)19/h4-8,10H,1-3H3,(H,15,17)/t10-/m0/s1. The highest BCUT2D eigenvalue weighted by molar-refractivity contribution is 8.00. The van der Waals surface area contributed by atoms with E-state index in [9.17, 15) is 13.2 Å². The molecule has 0 unspecified atom stereocenters. The molecule has 0 saturated carbocycles. The Hall–Kier alpha value is -1.80. The van der Waals surface area contributed by atoms with Crippen molar-refractivity contribution in [3.8, 4) is 0 Å². The minimum absolute atomic E-state index is 0.215. The minimum atomic E-state index is -3.21. The van der Waals surface area contributed by atoms with Gasteiger partial charge < -0.3 is 4.52 Å². The van der Waals surface area contributed by atoms with Gasteiger partial charge in [0.2, 0.25) is 11.8 Å². The van der Waals surface area contributed by atoms with Crippen molar-refractivity contribution in [3.05, 3.63) is 36.0 Å². The molecule has 6 nitrogen and oxygen atoms in total. The summed E-state index contributed by atoms with van der Waals surface area (Å²) in [4.78, 5) is 13.1. The van der Waals surface area contributed by atoms with E-state index in [-0.39, 0.29) is 16.1 Å². The maximum atomic E-state index is 12.0. The second kappa shape index (κ2) is 6.53. The Bertz CT molecular complexity index is 766. The summed E-state index contributed by atoms with van der Waals surface area (Å²) in [6.45, 7) is 3.52. The number of nitrogens with zero attached hydrogens (tertiary/aromatic N) is 1. The average Bonchev–Trinajstić information content (AvgIpc) is 2.83. The van der Waals surface area contributed by atoms with Crippen molar-refractivity contribution in [1.82, 2.24) is 5.16 Å². The molecule has 118 valence electrons. The third-order valence-electron chi connectivity index (χ3n) is 2.81. The molecule has 0 saturated heterocycles. The maximum absolute atomic E-state index is 12.0. The van der Waals surface area contributed by atoms with Crippen LogP contribution in [0.4, 0.5) is 5.88 Å². The number of amides is 1. The fourth-order valence-electron chi connectivity index (χ4n) is 1.67. The van der Waals surface area contributed by atoms with Crippen LogP contribution >= 0.6 is 11.8 Å². The van der Waals surface area contributed by atoms with Crippen molar-refractivity contribution in [2.75, 3.05) is 11.6 Å². The first-order valence-corrected chi connectivity index (χ1v) is 9.24. The zero-order valence-corrected chi connectivity index (χ0v) is 14.0. The molecule has 22 heavy (non-hydrogen) atoms. The average molecular weight is 340 g/mol. The number of hydrogen-bond acceptors (Lipinski definition) is 6. The summed E-state index contributed by atoms with van der Waals surface area (Å²) < 4.78 is 27.7. The number of rotatable bonds is 5. The lowest BCUT2D eigenvalue weighted by Crippen LogP contribution is -2.22. The highest BCUT2D eigenvalue weighted by Crippen LogP contribution is 2.25. The molecule has 0 radical (unpaired) electrons. The number of sulfone groups is 1. The van der Waals surface area contributed by atoms with Crippen LogP contribution in [0, 0.1) is 6.92 Å². The van der Waals surface area contributed by atoms with E-state index in [0.717, 1.165) is 11.2 Å². The third kappa shape index (κ3) is 4.35. The predicted octanol–water partition coefficient (Wildman–Crippen LogP) is 2.51. The molecule has 1 atom stereocenters. The summed E-state index contributed by atoms with van der Waals surface area (Å²) in [6, 6.07) is 8.06. The molecule has 0 spiro atoms. The summed E-state index contributed by atoms with van der Waals surface area (Å²) >= 11 is 1.33. The van der Waals surface area contributed by atoms with Crippen molar-refractivity contribution in [1.29, 1.82) is 0 Å². The van der Waals surface area contributed by atoms with E-state index in [1.807, 2.05) is 0 Å². The van der Waals surface area contributed by atoms with Crippen LogP contribution < -0.4 is 5.32 Å². The summed E-state index contributed by atoms with van der Waals surface area (Å²) in [6.07, 6.45) is 1.16. The zero-order valence-electron chi connectivity index (χ0n) is 12.4. The Morgan fingerprint density at radius 2 is 1.95 bits per heavy atom. The van der Waals surface area contributed by atoms with Gasteiger partial charge in [-0.25, -0.2) is 8.42 Å². The normalized spacial score (nSPS) is 12.9. The summed E-state index contributed by atoms with van der Waals surface area (Å²) in [5.74, 6) is 0.0933. The third-order valence-corrected chi connectivity index (χ3v) is 5.05. The van der Waals surface area contributed by atoms with E-state index < -0.39 is 9.84 Å². The van der Waals surface area contributed by atoms with Crippen LogP contribution in [-0.4, -0.2) is 31.0 Å². The Balaban J connectivity index is 1.99. The molecule has 0 aliphatic carbocycles. The topological polar surface area (TPSA) is 89.3 Å². The molecule has 1 aromatic carbocycles. The van der Waals surface area contributed by atoms with E-state index in [1.54, 1.807) is 32.0 Å². The Labute approximate surface area is 133 Å². The molecule has 1 N–H and O–H groups in total. The van der Waals surface area contributed by atoms with Gasteiger partial charge in [-0.05, 0) is 38.1 Å². The van der Waals surface area contributed by atoms with E-state index in [0.29, 0.717) is 11.6 Å². The smallest absolute Gasteiger partial charge is 0.239 e. The van der Waals surface area contributed by atoms with Gasteiger partial charge in [0.05, 0.1) is 15.8 Å².